The highest BCUT2D eigenvalue weighted by molar-refractivity contribution is 5.73. The van der Waals surface area contributed by atoms with Crippen LogP contribution in [0.15, 0.2) is 30.5 Å². The molecule has 1 aromatic heterocycles. The van der Waals surface area contributed by atoms with Crippen LogP contribution in [-0.4, -0.2) is 15.3 Å². The van der Waals surface area contributed by atoms with E-state index in [1.807, 2.05) is 24.3 Å². The van der Waals surface area contributed by atoms with Crippen molar-refractivity contribution in [1.29, 1.82) is 0 Å². The van der Waals surface area contributed by atoms with Crippen LogP contribution in [0.4, 0.5) is 5.82 Å². The van der Waals surface area contributed by atoms with Crippen molar-refractivity contribution < 1.29 is 5.11 Å². The van der Waals surface area contributed by atoms with Crippen molar-refractivity contribution in [3.05, 3.63) is 36.0 Å². The number of rotatable bonds is 2. The molecule has 1 heterocycles. The zero-order chi connectivity index (χ0) is 11.8. The maximum atomic E-state index is 9.93. The summed E-state index contributed by atoms with van der Waals surface area (Å²) in [5.41, 5.74) is 7.55. The summed E-state index contributed by atoms with van der Waals surface area (Å²) < 4.78 is 0. The molecule has 84 valence electrons. The van der Waals surface area contributed by atoms with Gasteiger partial charge in [0.2, 0.25) is 0 Å². The van der Waals surface area contributed by atoms with Gasteiger partial charge >= 0.3 is 0 Å². The molecule has 0 saturated carbocycles. The summed E-state index contributed by atoms with van der Waals surface area (Å²) in [6.07, 6.45) is 1.68. The number of aliphatic hydroxyl groups is 1. The van der Waals surface area contributed by atoms with E-state index in [0.717, 1.165) is 16.7 Å². The van der Waals surface area contributed by atoms with Gasteiger partial charge in [0.05, 0.1) is 11.8 Å². The predicted molar refractivity (Wildman–Crippen MR) is 63.7 cm³/mol. The van der Waals surface area contributed by atoms with Gasteiger partial charge in [-0.15, -0.1) is 0 Å². The summed E-state index contributed by atoms with van der Waals surface area (Å²) in [6, 6.07) is 7.65. The van der Waals surface area contributed by atoms with Crippen molar-refractivity contribution in [2.75, 3.05) is 5.73 Å². The molecule has 4 nitrogen and oxygen atoms in total. The van der Waals surface area contributed by atoms with Crippen molar-refractivity contribution >= 4 is 5.82 Å². The van der Waals surface area contributed by atoms with Crippen LogP contribution in [0.1, 0.15) is 19.4 Å². The summed E-state index contributed by atoms with van der Waals surface area (Å²) in [4.78, 5) is 0. The van der Waals surface area contributed by atoms with Crippen LogP contribution in [0.2, 0.25) is 0 Å². The van der Waals surface area contributed by atoms with Crippen LogP contribution < -0.4 is 5.73 Å². The van der Waals surface area contributed by atoms with Gasteiger partial charge in [0.25, 0.3) is 0 Å². The standard InChI is InChI=1S/C12H15N3O/c1-12(2,16)9-5-3-4-8(6-9)10-7-14-15-11(10)13/h3-7,16H,1-2H3,(H3,13,14,15). The quantitative estimate of drug-likeness (QED) is 0.719. The SMILES string of the molecule is CC(C)(O)c1cccc(-c2cn[nH]c2N)c1. The van der Waals surface area contributed by atoms with Crippen LogP contribution in [0.5, 0.6) is 0 Å². The summed E-state index contributed by atoms with van der Waals surface area (Å²) >= 11 is 0. The minimum absolute atomic E-state index is 0.535. The lowest BCUT2D eigenvalue weighted by Crippen LogP contribution is -2.15. The van der Waals surface area contributed by atoms with Gasteiger partial charge in [-0.3, -0.25) is 5.10 Å². The van der Waals surface area contributed by atoms with E-state index < -0.39 is 5.60 Å². The first kappa shape index (κ1) is 10.7. The van der Waals surface area contributed by atoms with Crippen LogP contribution in [0.3, 0.4) is 0 Å². The van der Waals surface area contributed by atoms with E-state index in [-0.39, 0.29) is 0 Å². The largest absolute Gasteiger partial charge is 0.386 e. The Bertz CT molecular complexity index is 497. The first-order chi connectivity index (χ1) is 7.48. The summed E-state index contributed by atoms with van der Waals surface area (Å²) in [6.45, 7) is 3.51. The third kappa shape index (κ3) is 1.92. The smallest absolute Gasteiger partial charge is 0.126 e. The van der Waals surface area contributed by atoms with Crippen LogP contribution in [0.25, 0.3) is 11.1 Å². The predicted octanol–water partition coefficient (Wildman–Crippen LogP) is 1.89. The lowest BCUT2D eigenvalue weighted by molar-refractivity contribution is 0.0786. The molecule has 0 spiro atoms. The molecule has 4 N–H and O–H groups in total. The van der Waals surface area contributed by atoms with E-state index in [4.69, 9.17) is 5.73 Å². The normalized spacial score (nSPS) is 11.7. The molecule has 1 aromatic carbocycles. The molecule has 0 aliphatic heterocycles. The molecule has 2 aromatic rings. The van der Waals surface area contributed by atoms with E-state index in [0.29, 0.717) is 5.82 Å². The Kier molecular flexibility index (Phi) is 2.44. The Morgan fingerprint density at radius 3 is 2.69 bits per heavy atom. The minimum Gasteiger partial charge on any atom is -0.386 e. The molecule has 0 fully saturated rings. The summed E-state index contributed by atoms with van der Waals surface area (Å²) in [5, 5.41) is 16.5. The Morgan fingerprint density at radius 1 is 1.38 bits per heavy atom. The number of nitrogens with two attached hydrogens (primary N) is 1. The average molecular weight is 217 g/mol. The zero-order valence-electron chi connectivity index (χ0n) is 9.36. The van der Waals surface area contributed by atoms with Gasteiger partial charge in [0, 0.05) is 5.56 Å². The molecule has 0 aliphatic rings. The van der Waals surface area contributed by atoms with Crippen molar-refractivity contribution in [1.82, 2.24) is 10.2 Å². The lowest BCUT2D eigenvalue weighted by Gasteiger charge is -2.18. The van der Waals surface area contributed by atoms with Crippen LogP contribution >= 0.6 is 0 Å². The Balaban J connectivity index is 2.49. The van der Waals surface area contributed by atoms with Gasteiger partial charge in [-0.1, -0.05) is 18.2 Å². The molecular weight excluding hydrogens is 202 g/mol. The molecule has 16 heavy (non-hydrogen) atoms. The number of nitrogens with one attached hydrogen (secondary N) is 1. The second-order valence-corrected chi connectivity index (χ2v) is 4.34. The van der Waals surface area contributed by atoms with Gasteiger partial charge in [0.15, 0.2) is 0 Å². The van der Waals surface area contributed by atoms with Gasteiger partial charge < -0.3 is 10.8 Å². The zero-order valence-corrected chi connectivity index (χ0v) is 9.36. The van der Waals surface area contributed by atoms with E-state index in [1.165, 1.54) is 0 Å². The third-order valence-corrected chi connectivity index (χ3v) is 2.55. The van der Waals surface area contributed by atoms with Crippen molar-refractivity contribution in [3.8, 4) is 11.1 Å². The molecule has 0 amide bonds. The highest BCUT2D eigenvalue weighted by Gasteiger charge is 2.16. The number of benzene rings is 1. The first-order valence-electron chi connectivity index (χ1n) is 5.10. The Labute approximate surface area is 94.1 Å². The summed E-state index contributed by atoms with van der Waals surface area (Å²) in [7, 11) is 0. The van der Waals surface area contributed by atoms with E-state index in [2.05, 4.69) is 10.2 Å². The van der Waals surface area contributed by atoms with Crippen LogP contribution in [-0.2, 0) is 5.60 Å². The maximum absolute atomic E-state index is 9.93. The number of H-pyrrole nitrogens is 1. The fraction of sp³-hybridized carbons (Fsp3) is 0.250. The van der Waals surface area contributed by atoms with Crippen LogP contribution in [0, 0.1) is 0 Å². The number of aromatic nitrogens is 2. The van der Waals surface area contributed by atoms with Crippen molar-refractivity contribution in [2.45, 2.75) is 19.4 Å². The topological polar surface area (TPSA) is 74.9 Å². The first-order valence-corrected chi connectivity index (χ1v) is 5.10. The molecule has 4 heteroatoms. The molecule has 0 bridgehead atoms. The van der Waals surface area contributed by atoms with Crippen molar-refractivity contribution in [3.63, 3.8) is 0 Å². The number of hydrogen-bond acceptors (Lipinski definition) is 3. The molecule has 0 unspecified atom stereocenters. The molecule has 0 saturated heterocycles. The monoisotopic (exact) mass is 217 g/mol. The average Bonchev–Trinajstić information content (AvgIpc) is 2.63. The second kappa shape index (κ2) is 3.64. The second-order valence-electron chi connectivity index (χ2n) is 4.34. The van der Waals surface area contributed by atoms with E-state index >= 15 is 0 Å². The number of aromatic amines is 1. The number of nitrogen functional groups attached to an aromatic ring is 1. The third-order valence-electron chi connectivity index (χ3n) is 2.55. The fourth-order valence-corrected chi connectivity index (χ4v) is 1.59. The van der Waals surface area contributed by atoms with Gasteiger partial charge in [-0.25, -0.2) is 0 Å². The lowest BCUT2D eigenvalue weighted by atomic mass is 9.95. The number of anilines is 1. The molecule has 2 rings (SSSR count). The van der Waals surface area contributed by atoms with E-state index in [9.17, 15) is 5.11 Å². The van der Waals surface area contributed by atoms with E-state index in [1.54, 1.807) is 20.0 Å². The highest BCUT2D eigenvalue weighted by Crippen LogP contribution is 2.28. The number of hydrogen-bond donors (Lipinski definition) is 3. The van der Waals surface area contributed by atoms with Gasteiger partial charge in [-0.05, 0) is 31.0 Å². The molecular formula is C12H15N3O. The molecule has 0 aliphatic carbocycles. The fourth-order valence-electron chi connectivity index (χ4n) is 1.59. The summed E-state index contributed by atoms with van der Waals surface area (Å²) in [5.74, 6) is 0.535. The molecule has 0 radical (unpaired) electrons. The minimum atomic E-state index is -0.853. The Hall–Kier alpha value is -1.81. The highest BCUT2D eigenvalue weighted by atomic mass is 16.3. The molecule has 0 atom stereocenters. The van der Waals surface area contributed by atoms with Gasteiger partial charge in [0.1, 0.15) is 5.82 Å². The Morgan fingerprint density at radius 2 is 2.12 bits per heavy atom. The maximum Gasteiger partial charge on any atom is 0.126 e. The van der Waals surface area contributed by atoms with Crippen molar-refractivity contribution in [2.24, 2.45) is 0 Å². The number of nitrogens with zero attached hydrogens (tertiary/aromatic N) is 1. The van der Waals surface area contributed by atoms with Gasteiger partial charge in [-0.2, -0.15) is 5.10 Å².